The van der Waals surface area contributed by atoms with Crippen LogP contribution in [0.5, 0.6) is 11.5 Å². The Morgan fingerprint density at radius 2 is 2.00 bits per heavy atom. The second-order valence-corrected chi connectivity index (χ2v) is 4.67. The van der Waals surface area contributed by atoms with Gasteiger partial charge < -0.3 is 14.8 Å². The zero-order chi connectivity index (χ0) is 13.0. The maximum absolute atomic E-state index is 9.16. The van der Waals surface area contributed by atoms with E-state index in [0.29, 0.717) is 18.0 Å². The van der Waals surface area contributed by atoms with Gasteiger partial charge in [-0.25, -0.2) is 0 Å². The average Bonchev–Trinajstić information content (AvgIpc) is 2.37. The minimum atomic E-state index is -0.173. The van der Waals surface area contributed by atoms with Crippen LogP contribution in [0, 0.1) is 16.7 Å². The second-order valence-electron chi connectivity index (χ2n) is 4.67. The van der Waals surface area contributed by atoms with Gasteiger partial charge in [0.25, 0.3) is 0 Å². The van der Waals surface area contributed by atoms with E-state index in [1.807, 2.05) is 18.2 Å². The zero-order valence-electron chi connectivity index (χ0n) is 10.8. The van der Waals surface area contributed by atoms with Crippen molar-refractivity contribution in [2.75, 3.05) is 26.1 Å². The van der Waals surface area contributed by atoms with Gasteiger partial charge in [-0.1, -0.05) is 6.42 Å². The maximum Gasteiger partial charge on any atom is 0.162 e. The lowest BCUT2D eigenvalue weighted by atomic mass is 9.70. The summed E-state index contributed by atoms with van der Waals surface area (Å²) in [7, 11) is 3.23. The number of hydrogen-bond acceptors (Lipinski definition) is 4. The molecule has 1 aliphatic carbocycles. The van der Waals surface area contributed by atoms with Crippen molar-refractivity contribution in [3.05, 3.63) is 18.2 Å². The molecular formula is C14H18N2O2. The van der Waals surface area contributed by atoms with E-state index in [0.717, 1.165) is 24.9 Å². The summed E-state index contributed by atoms with van der Waals surface area (Å²) in [6.45, 7) is 0.693. The van der Waals surface area contributed by atoms with Crippen LogP contribution < -0.4 is 14.8 Å². The second kappa shape index (κ2) is 5.18. The fraction of sp³-hybridized carbons (Fsp3) is 0.500. The molecule has 0 spiro atoms. The molecule has 1 aliphatic rings. The van der Waals surface area contributed by atoms with Crippen LogP contribution in [0.4, 0.5) is 5.69 Å². The first-order chi connectivity index (χ1) is 8.73. The molecule has 0 aromatic heterocycles. The van der Waals surface area contributed by atoms with Gasteiger partial charge in [-0.2, -0.15) is 5.26 Å². The number of nitrogens with one attached hydrogen (secondary N) is 1. The van der Waals surface area contributed by atoms with Gasteiger partial charge in [0.1, 0.15) is 0 Å². The molecule has 0 unspecified atom stereocenters. The largest absolute Gasteiger partial charge is 0.493 e. The van der Waals surface area contributed by atoms with Gasteiger partial charge in [0.15, 0.2) is 11.5 Å². The van der Waals surface area contributed by atoms with Crippen LogP contribution in [0.3, 0.4) is 0 Å². The highest BCUT2D eigenvalue weighted by molar-refractivity contribution is 5.55. The maximum atomic E-state index is 9.16. The zero-order valence-corrected chi connectivity index (χ0v) is 10.8. The Balaban J connectivity index is 2.04. The highest BCUT2D eigenvalue weighted by Gasteiger charge is 2.36. The first-order valence-corrected chi connectivity index (χ1v) is 6.10. The van der Waals surface area contributed by atoms with Crippen LogP contribution >= 0.6 is 0 Å². The molecule has 0 atom stereocenters. The number of ether oxygens (including phenoxy) is 2. The summed E-state index contributed by atoms with van der Waals surface area (Å²) in [6.07, 6.45) is 3.13. The van der Waals surface area contributed by atoms with Crippen molar-refractivity contribution in [3.63, 3.8) is 0 Å². The van der Waals surface area contributed by atoms with E-state index in [4.69, 9.17) is 14.7 Å². The summed E-state index contributed by atoms with van der Waals surface area (Å²) in [5.41, 5.74) is 0.779. The van der Waals surface area contributed by atoms with E-state index < -0.39 is 0 Å². The molecule has 0 amide bonds. The minimum Gasteiger partial charge on any atom is -0.493 e. The monoisotopic (exact) mass is 246 g/mol. The van der Waals surface area contributed by atoms with Crippen molar-refractivity contribution in [1.82, 2.24) is 0 Å². The van der Waals surface area contributed by atoms with Crippen molar-refractivity contribution in [1.29, 1.82) is 5.26 Å². The number of rotatable bonds is 5. The number of nitrogens with zero attached hydrogens (tertiary/aromatic N) is 1. The predicted molar refractivity (Wildman–Crippen MR) is 69.9 cm³/mol. The molecule has 0 aliphatic heterocycles. The fourth-order valence-electron chi connectivity index (χ4n) is 2.15. The SMILES string of the molecule is COc1ccc(NCC2(C#N)CCC2)cc1OC. The molecule has 1 fully saturated rings. The molecule has 1 aromatic rings. The number of methoxy groups -OCH3 is 2. The van der Waals surface area contributed by atoms with Crippen LogP contribution in [-0.2, 0) is 0 Å². The Bertz CT molecular complexity index is 461. The molecule has 4 nitrogen and oxygen atoms in total. The minimum absolute atomic E-state index is 0.173. The molecule has 0 saturated heterocycles. The number of anilines is 1. The lowest BCUT2D eigenvalue weighted by molar-refractivity contribution is 0.233. The molecule has 18 heavy (non-hydrogen) atoms. The van der Waals surface area contributed by atoms with Gasteiger partial charge in [-0.15, -0.1) is 0 Å². The van der Waals surface area contributed by atoms with Gasteiger partial charge >= 0.3 is 0 Å². The lowest BCUT2D eigenvalue weighted by Crippen LogP contribution is -2.35. The van der Waals surface area contributed by atoms with Crippen molar-refractivity contribution >= 4 is 5.69 Å². The standard InChI is InChI=1S/C14H18N2O2/c1-17-12-5-4-11(8-13(12)18-2)16-10-14(9-15)6-3-7-14/h4-5,8,16H,3,6-7,10H2,1-2H3. The molecule has 96 valence electrons. The summed E-state index contributed by atoms with van der Waals surface area (Å²) in [5.74, 6) is 1.41. The van der Waals surface area contributed by atoms with Crippen LogP contribution in [0.1, 0.15) is 19.3 Å². The fourth-order valence-corrected chi connectivity index (χ4v) is 2.15. The van der Waals surface area contributed by atoms with E-state index in [1.165, 1.54) is 0 Å². The molecule has 1 saturated carbocycles. The number of benzene rings is 1. The van der Waals surface area contributed by atoms with Crippen molar-refractivity contribution in [2.45, 2.75) is 19.3 Å². The Morgan fingerprint density at radius 3 is 2.50 bits per heavy atom. The Hall–Kier alpha value is -1.89. The molecule has 0 bridgehead atoms. The van der Waals surface area contributed by atoms with E-state index >= 15 is 0 Å². The van der Waals surface area contributed by atoms with Crippen LogP contribution in [0.25, 0.3) is 0 Å². The van der Waals surface area contributed by atoms with Crippen molar-refractivity contribution < 1.29 is 9.47 Å². The van der Waals surface area contributed by atoms with E-state index in [9.17, 15) is 0 Å². The Morgan fingerprint density at radius 1 is 1.28 bits per heavy atom. The third-order valence-electron chi connectivity index (χ3n) is 3.56. The highest BCUT2D eigenvalue weighted by Crippen LogP contribution is 2.40. The normalized spacial score (nSPS) is 16.3. The molecule has 1 N–H and O–H groups in total. The van der Waals surface area contributed by atoms with Crippen LogP contribution in [0.2, 0.25) is 0 Å². The summed E-state index contributed by atoms with van der Waals surface area (Å²) in [6, 6.07) is 8.11. The summed E-state index contributed by atoms with van der Waals surface area (Å²) in [5, 5.41) is 12.5. The number of hydrogen-bond donors (Lipinski definition) is 1. The van der Waals surface area contributed by atoms with E-state index in [1.54, 1.807) is 14.2 Å². The Kier molecular flexibility index (Phi) is 3.61. The van der Waals surface area contributed by atoms with E-state index in [-0.39, 0.29) is 5.41 Å². The van der Waals surface area contributed by atoms with Gasteiger partial charge in [0.05, 0.1) is 25.7 Å². The van der Waals surface area contributed by atoms with Gasteiger partial charge in [-0.3, -0.25) is 0 Å². The van der Waals surface area contributed by atoms with Gasteiger partial charge in [0.2, 0.25) is 0 Å². The molecule has 4 heteroatoms. The first-order valence-electron chi connectivity index (χ1n) is 6.10. The summed E-state index contributed by atoms with van der Waals surface area (Å²) >= 11 is 0. The molecule has 2 rings (SSSR count). The molecular weight excluding hydrogens is 228 g/mol. The van der Waals surface area contributed by atoms with Crippen molar-refractivity contribution in [2.24, 2.45) is 5.41 Å². The van der Waals surface area contributed by atoms with Crippen LogP contribution in [-0.4, -0.2) is 20.8 Å². The molecule has 0 heterocycles. The Labute approximate surface area is 108 Å². The quantitative estimate of drug-likeness (QED) is 0.868. The lowest BCUT2D eigenvalue weighted by Gasteiger charge is -2.35. The highest BCUT2D eigenvalue weighted by atomic mass is 16.5. The summed E-state index contributed by atoms with van der Waals surface area (Å²) in [4.78, 5) is 0. The van der Waals surface area contributed by atoms with Crippen LogP contribution in [0.15, 0.2) is 18.2 Å². The topological polar surface area (TPSA) is 54.3 Å². The molecule has 0 radical (unpaired) electrons. The smallest absolute Gasteiger partial charge is 0.162 e. The average molecular weight is 246 g/mol. The third-order valence-corrected chi connectivity index (χ3v) is 3.56. The molecule has 1 aromatic carbocycles. The first kappa shape index (κ1) is 12.6. The summed E-state index contributed by atoms with van der Waals surface area (Å²) < 4.78 is 10.4. The predicted octanol–water partition coefficient (Wildman–Crippen LogP) is 2.81. The van der Waals surface area contributed by atoms with E-state index in [2.05, 4.69) is 11.4 Å². The van der Waals surface area contributed by atoms with Crippen molar-refractivity contribution in [3.8, 4) is 17.6 Å². The van der Waals surface area contributed by atoms with Gasteiger partial charge in [-0.05, 0) is 25.0 Å². The third kappa shape index (κ3) is 2.35. The number of nitriles is 1. The van der Waals surface area contributed by atoms with Gasteiger partial charge in [0, 0.05) is 18.3 Å².